The fourth-order valence-corrected chi connectivity index (χ4v) is 7.76. The van der Waals surface area contributed by atoms with Gasteiger partial charge >= 0.3 is 11.9 Å². The number of hydrogen-bond acceptors (Lipinski definition) is 9. The van der Waals surface area contributed by atoms with E-state index >= 15 is 0 Å². The van der Waals surface area contributed by atoms with E-state index in [1.807, 2.05) is 9.80 Å². The molecule has 15 heteroatoms. The molecule has 0 radical (unpaired) electrons. The van der Waals surface area contributed by atoms with Crippen LogP contribution in [0.25, 0.3) is 0 Å². The lowest BCUT2D eigenvalue weighted by Gasteiger charge is -2.28. The molecule has 12 nitrogen and oxygen atoms in total. The Bertz CT molecular complexity index is 678. The average Bonchev–Trinajstić information content (AvgIpc) is 2.81. The first kappa shape index (κ1) is 31.5. The second kappa shape index (κ2) is 16.3. The number of carbonyl (C=O) groups is 3. The summed E-state index contributed by atoms with van der Waals surface area (Å²) in [5, 5.41) is 17.7. The van der Waals surface area contributed by atoms with Gasteiger partial charge in [-0.2, -0.15) is 0 Å². The van der Waals surface area contributed by atoms with E-state index in [1.165, 1.54) is 6.92 Å². The van der Waals surface area contributed by atoms with Gasteiger partial charge in [0.05, 0.1) is 19.1 Å². The predicted molar refractivity (Wildman–Crippen MR) is 132 cm³/mol. The second-order valence-electron chi connectivity index (χ2n) is 8.55. The molecule has 0 spiro atoms. The normalized spacial score (nSPS) is 20.5. The van der Waals surface area contributed by atoms with Gasteiger partial charge in [-0.1, -0.05) is 0 Å². The molecule has 3 unspecified atom stereocenters. The van der Waals surface area contributed by atoms with Gasteiger partial charge in [-0.25, -0.2) is 0 Å². The van der Waals surface area contributed by atoms with Gasteiger partial charge in [-0.3, -0.25) is 28.9 Å². The number of ketones is 1. The number of Topliss-reactive ketones (excluding diaryl/α,β-unsaturated/α-hetero) is 1. The molecule has 34 heavy (non-hydrogen) atoms. The summed E-state index contributed by atoms with van der Waals surface area (Å²) in [5.74, 6) is -2.08. The summed E-state index contributed by atoms with van der Waals surface area (Å²) in [7, 11) is -6.57. The van der Waals surface area contributed by atoms with Gasteiger partial charge in [0.1, 0.15) is 5.78 Å². The topological polar surface area (TPSA) is 179 Å². The summed E-state index contributed by atoms with van der Waals surface area (Å²) in [6, 6.07) is 0. The lowest BCUT2D eigenvalue weighted by Crippen LogP contribution is -2.37. The number of hydrogen-bond donors (Lipinski definition) is 5. The summed E-state index contributed by atoms with van der Waals surface area (Å²) in [5.41, 5.74) is 0. The van der Waals surface area contributed by atoms with Crippen molar-refractivity contribution in [3.8, 4) is 0 Å². The Morgan fingerprint density at radius 1 is 0.765 bits per heavy atom. The molecule has 0 aromatic rings. The highest BCUT2D eigenvalue weighted by Gasteiger charge is 2.26. The van der Waals surface area contributed by atoms with E-state index in [0.29, 0.717) is 64.4 Å². The first-order chi connectivity index (χ1) is 15.9. The van der Waals surface area contributed by atoms with E-state index in [-0.39, 0.29) is 37.2 Å². The maximum absolute atomic E-state index is 12.5. The minimum Gasteiger partial charge on any atom is -0.481 e. The van der Waals surface area contributed by atoms with Crippen LogP contribution in [0, 0.1) is 0 Å². The Balaban J connectivity index is 2.83. The van der Waals surface area contributed by atoms with Crippen LogP contribution in [-0.2, 0) is 18.9 Å². The zero-order chi connectivity index (χ0) is 25.7. The third kappa shape index (κ3) is 15.5. The van der Waals surface area contributed by atoms with Crippen molar-refractivity contribution in [2.24, 2.45) is 0 Å². The zero-order valence-electron chi connectivity index (χ0n) is 19.7. The van der Waals surface area contributed by atoms with Crippen molar-refractivity contribution in [2.45, 2.75) is 26.2 Å². The van der Waals surface area contributed by atoms with Crippen LogP contribution < -0.4 is 0 Å². The van der Waals surface area contributed by atoms with E-state index in [4.69, 9.17) is 10.2 Å². The largest absolute Gasteiger partial charge is 0.481 e. The Labute approximate surface area is 203 Å². The van der Waals surface area contributed by atoms with Crippen LogP contribution in [-0.4, -0.2) is 134 Å². The number of carboxylic acids is 2. The molecule has 0 amide bonds. The summed E-state index contributed by atoms with van der Waals surface area (Å²) < 4.78 is 12.5. The van der Waals surface area contributed by atoms with Crippen LogP contribution in [0.4, 0.5) is 0 Å². The van der Waals surface area contributed by atoms with Crippen molar-refractivity contribution in [2.75, 3.05) is 76.6 Å². The molecule has 1 saturated heterocycles. The van der Waals surface area contributed by atoms with Gasteiger partial charge in [-0.15, -0.1) is 0 Å². The molecule has 0 aromatic heterocycles. The molecule has 0 aliphatic carbocycles. The smallest absolute Gasteiger partial charge is 0.303 e. The lowest BCUT2D eigenvalue weighted by molar-refractivity contribution is -0.137. The molecule has 1 rings (SSSR count). The van der Waals surface area contributed by atoms with Crippen molar-refractivity contribution in [3.05, 3.63) is 0 Å². The van der Waals surface area contributed by atoms with Crippen molar-refractivity contribution < 1.29 is 43.8 Å². The fraction of sp³-hybridized carbons (Fsp3) is 0.842. The van der Waals surface area contributed by atoms with Gasteiger partial charge in [-0.05, 0) is 13.1 Å². The van der Waals surface area contributed by atoms with E-state index in [2.05, 4.69) is 0 Å². The number of carboxylic acid groups (broad SMARTS) is 2. The molecule has 0 aromatic carbocycles. The lowest BCUT2D eigenvalue weighted by atomic mass is 10.4. The van der Waals surface area contributed by atoms with E-state index in [0.717, 1.165) is 0 Å². The average molecular weight is 545 g/mol. The molecule has 0 bridgehead atoms. The van der Waals surface area contributed by atoms with E-state index in [1.54, 1.807) is 4.90 Å². The quantitative estimate of drug-likeness (QED) is 0.183. The van der Waals surface area contributed by atoms with Gasteiger partial charge in [0.2, 0.25) is 7.37 Å². The number of aliphatic carboxylic acids is 2. The zero-order valence-corrected chi connectivity index (χ0v) is 22.3. The van der Waals surface area contributed by atoms with E-state index < -0.39 is 35.6 Å². The van der Waals surface area contributed by atoms with Crippen LogP contribution in [0.5, 0.6) is 0 Å². The molecular formula is C19H38N3O9P3. The molecule has 1 aliphatic heterocycles. The Kier molecular flexibility index (Phi) is 15.1. The summed E-state index contributed by atoms with van der Waals surface area (Å²) in [6.45, 7) is 4.56. The van der Waals surface area contributed by atoms with Crippen LogP contribution in [0.3, 0.4) is 0 Å². The Morgan fingerprint density at radius 2 is 1.18 bits per heavy atom. The van der Waals surface area contributed by atoms with E-state index in [9.17, 15) is 33.6 Å². The highest BCUT2D eigenvalue weighted by molar-refractivity contribution is 7.57. The molecule has 198 valence electrons. The molecule has 5 N–H and O–H groups in total. The van der Waals surface area contributed by atoms with Crippen LogP contribution in [0.1, 0.15) is 26.2 Å². The number of rotatable bonds is 15. The van der Waals surface area contributed by atoms with Crippen LogP contribution >= 0.6 is 23.7 Å². The first-order valence-electron chi connectivity index (χ1n) is 11.1. The molecule has 1 heterocycles. The minimum absolute atomic E-state index is 0.0149. The van der Waals surface area contributed by atoms with Crippen molar-refractivity contribution in [3.63, 3.8) is 0 Å². The molecule has 0 saturated carbocycles. The van der Waals surface area contributed by atoms with Crippen molar-refractivity contribution in [1.82, 2.24) is 14.7 Å². The number of nitrogens with zero attached hydrogens (tertiary/aromatic N) is 3. The van der Waals surface area contributed by atoms with Gasteiger partial charge in [0.25, 0.3) is 0 Å². The minimum atomic E-state index is -3.69. The molecule has 1 fully saturated rings. The van der Waals surface area contributed by atoms with Crippen molar-refractivity contribution >= 4 is 41.4 Å². The maximum atomic E-state index is 12.5. The molecular weight excluding hydrogens is 507 g/mol. The monoisotopic (exact) mass is 545 g/mol. The standard InChI is InChI=1S/C19H38N3O9P3/c1-17(23)2-11-32(28)14-20-5-6-21(15-33(29)12-3-18(24)25)8-10-22(9-7-20)16-34(30,31)13-4-19(26)27/h28-29H,2-16H2,1H3,(H,24,25)(H,26,27)(H,30,31). The summed E-state index contributed by atoms with van der Waals surface area (Å²) in [4.78, 5) is 69.7. The van der Waals surface area contributed by atoms with Crippen molar-refractivity contribution in [1.29, 1.82) is 0 Å². The van der Waals surface area contributed by atoms with Crippen LogP contribution in [0.2, 0.25) is 0 Å². The Morgan fingerprint density at radius 3 is 1.59 bits per heavy atom. The highest BCUT2D eigenvalue weighted by Crippen LogP contribution is 2.42. The highest BCUT2D eigenvalue weighted by atomic mass is 31.2. The summed E-state index contributed by atoms with van der Waals surface area (Å²) in [6.07, 6.45) is 0.661. The molecule has 3 atom stereocenters. The maximum Gasteiger partial charge on any atom is 0.303 e. The van der Waals surface area contributed by atoms with Crippen LogP contribution in [0.15, 0.2) is 0 Å². The first-order valence-corrected chi connectivity index (χ1v) is 16.5. The third-order valence-corrected chi connectivity index (χ3v) is 10.0. The third-order valence-electron chi connectivity index (χ3n) is 5.33. The fourth-order valence-electron chi connectivity index (χ4n) is 3.38. The van der Waals surface area contributed by atoms with Gasteiger partial charge in [0, 0.05) is 86.9 Å². The SMILES string of the molecule is CC(=O)CCP(O)CN1CCN(CP(O)CCC(=O)O)CCN(CP(=O)(O)CCC(=O)O)CC1. The predicted octanol–water partition coefficient (Wildman–Crippen LogP) is 0.756. The Hall–Kier alpha value is -0.540. The molecule has 1 aliphatic rings. The number of carbonyl (C=O) groups excluding carboxylic acids is 1. The van der Waals surface area contributed by atoms with Gasteiger partial charge in [0.15, 0.2) is 0 Å². The summed E-state index contributed by atoms with van der Waals surface area (Å²) >= 11 is 0. The second-order valence-corrected chi connectivity index (χ2v) is 14.5. The van der Waals surface area contributed by atoms with Gasteiger partial charge < -0.3 is 29.7 Å².